The van der Waals surface area contributed by atoms with Gasteiger partial charge in [-0.1, -0.05) is 12.1 Å². The number of amides is 1. The van der Waals surface area contributed by atoms with Gasteiger partial charge in [0.2, 0.25) is 5.91 Å². The van der Waals surface area contributed by atoms with Crippen LogP contribution >= 0.6 is 0 Å². The van der Waals surface area contributed by atoms with Crippen LogP contribution in [0.4, 0.5) is 5.69 Å². The summed E-state index contributed by atoms with van der Waals surface area (Å²) in [5.41, 5.74) is 2.97. The summed E-state index contributed by atoms with van der Waals surface area (Å²) in [7, 11) is 3.36. The Hall–Kier alpha value is -3.88. The first-order valence-corrected chi connectivity index (χ1v) is 10.6. The SMILES string of the molecule is CN=C(NCc1ccc(N2CCCC2=O)cc1)NCc1nc(-c2ccc(OC)cc2)n[nH]1. The highest BCUT2D eigenvalue weighted by Crippen LogP contribution is 2.21. The van der Waals surface area contributed by atoms with Gasteiger partial charge < -0.3 is 20.3 Å². The van der Waals surface area contributed by atoms with E-state index in [1.807, 2.05) is 53.4 Å². The van der Waals surface area contributed by atoms with Gasteiger partial charge in [-0.05, 0) is 48.4 Å². The Kier molecular flexibility index (Phi) is 6.64. The molecule has 2 aromatic carbocycles. The minimum absolute atomic E-state index is 0.197. The molecule has 0 bridgehead atoms. The second-order valence-corrected chi connectivity index (χ2v) is 7.43. The van der Waals surface area contributed by atoms with Gasteiger partial charge >= 0.3 is 0 Å². The molecule has 0 unspecified atom stereocenters. The van der Waals surface area contributed by atoms with Gasteiger partial charge in [0.05, 0.1) is 13.7 Å². The summed E-state index contributed by atoms with van der Waals surface area (Å²) in [6.45, 7) is 1.87. The molecule has 0 aliphatic carbocycles. The number of aromatic nitrogens is 3. The molecule has 3 N–H and O–H groups in total. The second-order valence-electron chi connectivity index (χ2n) is 7.43. The summed E-state index contributed by atoms with van der Waals surface area (Å²) in [4.78, 5) is 22.5. The Morgan fingerprint density at radius 1 is 1.12 bits per heavy atom. The maximum atomic E-state index is 11.9. The predicted octanol–water partition coefficient (Wildman–Crippen LogP) is 2.47. The number of rotatable bonds is 7. The first kappa shape index (κ1) is 21.4. The summed E-state index contributed by atoms with van der Waals surface area (Å²) in [5, 5.41) is 13.8. The molecular weight excluding hydrogens is 406 g/mol. The molecule has 0 radical (unpaired) electrons. The number of guanidine groups is 1. The highest BCUT2D eigenvalue weighted by molar-refractivity contribution is 5.95. The van der Waals surface area contributed by atoms with E-state index in [1.54, 1.807) is 14.2 Å². The summed E-state index contributed by atoms with van der Waals surface area (Å²) in [6.07, 6.45) is 1.56. The van der Waals surface area contributed by atoms with E-state index < -0.39 is 0 Å². The Balaban J connectivity index is 1.28. The van der Waals surface area contributed by atoms with E-state index in [2.05, 4.69) is 30.8 Å². The van der Waals surface area contributed by atoms with E-state index in [-0.39, 0.29) is 5.91 Å². The molecule has 32 heavy (non-hydrogen) atoms. The third kappa shape index (κ3) is 5.05. The number of nitrogens with one attached hydrogen (secondary N) is 3. The predicted molar refractivity (Wildman–Crippen MR) is 123 cm³/mol. The Labute approximate surface area is 186 Å². The smallest absolute Gasteiger partial charge is 0.227 e. The zero-order chi connectivity index (χ0) is 22.3. The van der Waals surface area contributed by atoms with Crippen LogP contribution in [-0.4, -0.2) is 47.8 Å². The zero-order valence-corrected chi connectivity index (χ0v) is 18.3. The minimum Gasteiger partial charge on any atom is -0.497 e. The molecule has 1 saturated heterocycles. The first-order valence-electron chi connectivity index (χ1n) is 10.6. The van der Waals surface area contributed by atoms with E-state index >= 15 is 0 Å². The second kappa shape index (κ2) is 9.95. The highest BCUT2D eigenvalue weighted by atomic mass is 16.5. The van der Waals surface area contributed by atoms with Crippen molar-refractivity contribution in [3.63, 3.8) is 0 Å². The Bertz CT molecular complexity index is 1070. The fourth-order valence-corrected chi connectivity index (χ4v) is 3.53. The molecule has 4 rings (SSSR count). The van der Waals surface area contributed by atoms with Crippen LogP contribution in [0.25, 0.3) is 11.4 Å². The van der Waals surface area contributed by atoms with Gasteiger partial charge in [-0.3, -0.25) is 14.9 Å². The molecule has 3 aromatic rings. The van der Waals surface area contributed by atoms with Crippen molar-refractivity contribution in [2.75, 3.05) is 25.6 Å². The van der Waals surface area contributed by atoms with E-state index in [9.17, 15) is 4.79 Å². The average molecular weight is 434 g/mol. The van der Waals surface area contributed by atoms with Crippen LogP contribution in [0.2, 0.25) is 0 Å². The lowest BCUT2D eigenvalue weighted by atomic mass is 10.2. The number of nitrogens with zero attached hydrogens (tertiary/aromatic N) is 4. The van der Waals surface area contributed by atoms with Gasteiger partial charge in [0.25, 0.3) is 0 Å². The number of carbonyl (C=O) groups excluding carboxylic acids is 1. The highest BCUT2D eigenvalue weighted by Gasteiger charge is 2.21. The van der Waals surface area contributed by atoms with Gasteiger partial charge in [0.1, 0.15) is 11.6 Å². The number of ether oxygens (including phenoxy) is 1. The molecule has 1 aliphatic heterocycles. The van der Waals surface area contributed by atoms with Crippen molar-refractivity contribution < 1.29 is 9.53 Å². The largest absolute Gasteiger partial charge is 0.497 e. The van der Waals surface area contributed by atoms with Crippen LogP contribution < -0.4 is 20.3 Å². The third-order valence-corrected chi connectivity index (χ3v) is 5.31. The molecule has 1 fully saturated rings. The van der Waals surface area contributed by atoms with Crippen LogP contribution in [0, 0.1) is 0 Å². The van der Waals surface area contributed by atoms with E-state index in [1.165, 1.54) is 0 Å². The normalized spacial score (nSPS) is 14.0. The third-order valence-electron chi connectivity index (χ3n) is 5.31. The van der Waals surface area contributed by atoms with Crippen molar-refractivity contribution in [2.24, 2.45) is 4.99 Å². The average Bonchev–Trinajstić information content (AvgIpc) is 3.49. The fraction of sp³-hybridized carbons (Fsp3) is 0.304. The number of aromatic amines is 1. The van der Waals surface area contributed by atoms with Crippen molar-refractivity contribution >= 4 is 17.6 Å². The molecule has 1 aromatic heterocycles. The lowest BCUT2D eigenvalue weighted by Gasteiger charge is -2.16. The number of methoxy groups -OCH3 is 1. The maximum Gasteiger partial charge on any atom is 0.227 e. The Morgan fingerprint density at radius 3 is 2.53 bits per heavy atom. The van der Waals surface area contributed by atoms with Crippen LogP contribution in [0.3, 0.4) is 0 Å². The van der Waals surface area contributed by atoms with Crippen LogP contribution in [-0.2, 0) is 17.9 Å². The van der Waals surface area contributed by atoms with Crippen molar-refractivity contribution in [1.29, 1.82) is 0 Å². The molecule has 9 heteroatoms. The van der Waals surface area contributed by atoms with Crippen LogP contribution in [0.1, 0.15) is 24.2 Å². The van der Waals surface area contributed by atoms with Gasteiger partial charge in [-0.25, -0.2) is 4.98 Å². The maximum absolute atomic E-state index is 11.9. The van der Waals surface area contributed by atoms with Crippen LogP contribution in [0.5, 0.6) is 5.75 Å². The number of aliphatic imine (C=N–C) groups is 1. The van der Waals surface area contributed by atoms with Crippen molar-refractivity contribution in [1.82, 2.24) is 25.8 Å². The summed E-state index contributed by atoms with van der Waals surface area (Å²) >= 11 is 0. The molecular formula is C23H27N7O2. The zero-order valence-electron chi connectivity index (χ0n) is 18.3. The first-order chi connectivity index (χ1) is 15.7. The number of anilines is 1. The molecule has 0 atom stereocenters. The number of hydrogen-bond donors (Lipinski definition) is 3. The topological polar surface area (TPSA) is 108 Å². The quantitative estimate of drug-likeness (QED) is 0.390. The molecule has 1 aliphatic rings. The van der Waals surface area contributed by atoms with Crippen LogP contribution in [0.15, 0.2) is 53.5 Å². The lowest BCUT2D eigenvalue weighted by molar-refractivity contribution is -0.117. The lowest BCUT2D eigenvalue weighted by Crippen LogP contribution is -2.36. The molecule has 0 spiro atoms. The molecule has 2 heterocycles. The summed E-state index contributed by atoms with van der Waals surface area (Å²) in [5.74, 6) is 2.98. The number of carbonyl (C=O) groups is 1. The monoisotopic (exact) mass is 433 g/mol. The van der Waals surface area contributed by atoms with E-state index in [0.29, 0.717) is 37.1 Å². The van der Waals surface area contributed by atoms with Gasteiger partial charge in [-0.2, -0.15) is 5.10 Å². The van der Waals surface area contributed by atoms with Crippen molar-refractivity contribution in [3.8, 4) is 17.1 Å². The molecule has 1 amide bonds. The van der Waals surface area contributed by atoms with Crippen molar-refractivity contribution in [2.45, 2.75) is 25.9 Å². The molecule has 0 saturated carbocycles. The fourth-order valence-electron chi connectivity index (χ4n) is 3.53. The Morgan fingerprint density at radius 2 is 1.88 bits per heavy atom. The number of H-pyrrole nitrogens is 1. The standard InChI is InChI=1S/C23H27N7O2/c1-24-23(25-14-16-5-9-18(10-6-16)30-13-3-4-21(30)31)26-15-20-27-22(29-28-20)17-7-11-19(32-2)12-8-17/h5-12H,3-4,13-15H2,1-2H3,(H2,24,25,26)(H,27,28,29). The van der Waals surface area contributed by atoms with E-state index in [0.717, 1.165) is 35.5 Å². The van der Waals surface area contributed by atoms with Gasteiger partial charge in [0, 0.05) is 37.8 Å². The summed E-state index contributed by atoms with van der Waals surface area (Å²) in [6, 6.07) is 15.6. The molecule has 166 valence electrons. The van der Waals surface area contributed by atoms with Gasteiger partial charge in [0.15, 0.2) is 11.8 Å². The van der Waals surface area contributed by atoms with Gasteiger partial charge in [-0.15, -0.1) is 0 Å². The van der Waals surface area contributed by atoms with E-state index in [4.69, 9.17) is 4.74 Å². The van der Waals surface area contributed by atoms with Crippen molar-refractivity contribution in [3.05, 3.63) is 59.9 Å². The number of benzene rings is 2. The minimum atomic E-state index is 0.197. The molecule has 9 nitrogen and oxygen atoms in total. The summed E-state index contributed by atoms with van der Waals surface area (Å²) < 4.78 is 5.18. The number of hydrogen-bond acceptors (Lipinski definition) is 5.